The topological polar surface area (TPSA) is 62.5 Å². The van der Waals surface area contributed by atoms with Crippen molar-refractivity contribution in [3.05, 3.63) is 88.3 Å². The van der Waals surface area contributed by atoms with Gasteiger partial charge in [0.25, 0.3) is 0 Å². The molecule has 1 aromatic carbocycles. The highest BCUT2D eigenvalue weighted by molar-refractivity contribution is 6.38. The Kier molecular flexibility index (Phi) is 5.72. The minimum absolute atomic E-state index is 0.457. The molecule has 0 aliphatic rings. The molecular weight excluding hydrogens is 357 g/mol. The maximum absolute atomic E-state index is 6.14. The molecule has 3 rings (SSSR count). The molecule has 0 unspecified atom stereocenters. The molecule has 0 aliphatic carbocycles. The smallest absolute Gasteiger partial charge is 0.174 e. The van der Waals surface area contributed by atoms with Crippen LogP contribution in [0.3, 0.4) is 0 Å². The molecule has 0 bridgehead atoms. The molecule has 0 spiro atoms. The van der Waals surface area contributed by atoms with E-state index in [0.29, 0.717) is 33.0 Å². The molecule has 1 N–H and O–H groups in total. The molecule has 0 saturated carbocycles. The number of amidine groups is 1. The van der Waals surface area contributed by atoms with Gasteiger partial charge in [0.05, 0.1) is 16.3 Å². The molecule has 7 heteroatoms. The first-order chi connectivity index (χ1) is 12.2. The second kappa shape index (κ2) is 8.37. The third kappa shape index (κ3) is 4.62. The Bertz CT molecular complexity index is 876. The largest absolute Gasteiger partial charge is 0.259 e. The van der Waals surface area contributed by atoms with Gasteiger partial charge in [0.15, 0.2) is 11.7 Å². The van der Waals surface area contributed by atoms with Crippen LogP contribution in [0.1, 0.15) is 11.3 Å². The zero-order valence-corrected chi connectivity index (χ0v) is 14.5. The second-order valence-corrected chi connectivity index (χ2v) is 5.68. The summed E-state index contributed by atoms with van der Waals surface area (Å²) in [4.78, 5) is 12.9. The van der Waals surface area contributed by atoms with Crippen molar-refractivity contribution < 1.29 is 0 Å². The van der Waals surface area contributed by atoms with Crippen LogP contribution in [0.25, 0.3) is 0 Å². The fourth-order valence-corrected chi connectivity index (χ4v) is 2.46. The van der Waals surface area contributed by atoms with Crippen LogP contribution in [0.4, 0.5) is 5.82 Å². The van der Waals surface area contributed by atoms with Crippen LogP contribution in [0.5, 0.6) is 0 Å². The molecule has 2 aromatic heterocycles. The van der Waals surface area contributed by atoms with Gasteiger partial charge in [0.1, 0.15) is 5.69 Å². The van der Waals surface area contributed by atoms with Gasteiger partial charge >= 0.3 is 0 Å². The molecule has 25 heavy (non-hydrogen) atoms. The van der Waals surface area contributed by atoms with E-state index in [1.807, 2.05) is 30.3 Å². The van der Waals surface area contributed by atoms with E-state index in [1.54, 1.807) is 42.9 Å². The maximum atomic E-state index is 6.14. The summed E-state index contributed by atoms with van der Waals surface area (Å²) in [7, 11) is 0. The Balaban J connectivity index is 1.89. The van der Waals surface area contributed by atoms with Crippen LogP contribution in [-0.2, 0) is 0 Å². The van der Waals surface area contributed by atoms with Crippen LogP contribution >= 0.6 is 23.2 Å². The van der Waals surface area contributed by atoms with E-state index in [1.165, 1.54) is 0 Å². The van der Waals surface area contributed by atoms with Crippen LogP contribution < -0.4 is 5.43 Å². The molecule has 0 aliphatic heterocycles. The van der Waals surface area contributed by atoms with Gasteiger partial charge in [-0.3, -0.25) is 10.4 Å². The number of benzene rings is 1. The SMILES string of the molecule is Clc1cccc(Cl)c1/C=N/N/C(=N/c1ccccn1)c1ccccn1. The first-order valence-corrected chi connectivity index (χ1v) is 8.14. The van der Waals surface area contributed by atoms with E-state index in [0.717, 1.165) is 0 Å². The molecular formula is C18H13Cl2N5. The zero-order valence-electron chi connectivity index (χ0n) is 13.0. The van der Waals surface area contributed by atoms with Crippen molar-refractivity contribution >= 4 is 41.1 Å². The minimum Gasteiger partial charge on any atom is -0.259 e. The molecule has 2 heterocycles. The highest BCUT2D eigenvalue weighted by Crippen LogP contribution is 2.22. The lowest BCUT2D eigenvalue weighted by atomic mass is 10.2. The summed E-state index contributed by atoms with van der Waals surface area (Å²) in [6.07, 6.45) is 4.89. The van der Waals surface area contributed by atoms with Gasteiger partial charge in [-0.25, -0.2) is 9.98 Å². The van der Waals surface area contributed by atoms with E-state index in [9.17, 15) is 0 Å². The van der Waals surface area contributed by atoms with Crippen molar-refractivity contribution in [1.29, 1.82) is 0 Å². The van der Waals surface area contributed by atoms with Gasteiger partial charge in [-0.1, -0.05) is 41.4 Å². The van der Waals surface area contributed by atoms with Gasteiger partial charge in [-0.2, -0.15) is 5.10 Å². The summed E-state index contributed by atoms with van der Waals surface area (Å²) < 4.78 is 0. The van der Waals surface area contributed by atoms with Crippen molar-refractivity contribution in [3.8, 4) is 0 Å². The van der Waals surface area contributed by atoms with Crippen LogP contribution in [0.15, 0.2) is 77.1 Å². The Morgan fingerprint density at radius 3 is 2.24 bits per heavy atom. The van der Waals surface area contributed by atoms with Gasteiger partial charge in [0.2, 0.25) is 0 Å². The summed E-state index contributed by atoms with van der Waals surface area (Å²) in [5.74, 6) is 1.00. The van der Waals surface area contributed by atoms with Crippen molar-refractivity contribution in [2.75, 3.05) is 0 Å². The highest BCUT2D eigenvalue weighted by Gasteiger charge is 2.06. The predicted molar refractivity (Wildman–Crippen MR) is 102 cm³/mol. The number of nitrogens with zero attached hydrogens (tertiary/aromatic N) is 4. The maximum Gasteiger partial charge on any atom is 0.174 e. The lowest BCUT2D eigenvalue weighted by molar-refractivity contribution is 1.01. The van der Waals surface area contributed by atoms with Crippen molar-refractivity contribution in [2.24, 2.45) is 10.1 Å². The number of hydrogen-bond donors (Lipinski definition) is 1. The predicted octanol–water partition coefficient (Wildman–Crippen LogP) is 4.49. The minimum atomic E-state index is 0.457. The fourth-order valence-electron chi connectivity index (χ4n) is 1.97. The lowest BCUT2D eigenvalue weighted by Gasteiger charge is -2.05. The third-order valence-corrected chi connectivity index (χ3v) is 3.81. The lowest BCUT2D eigenvalue weighted by Crippen LogP contribution is -2.20. The van der Waals surface area contributed by atoms with Crippen LogP contribution in [-0.4, -0.2) is 22.0 Å². The van der Waals surface area contributed by atoms with E-state index in [2.05, 4.69) is 25.5 Å². The molecule has 5 nitrogen and oxygen atoms in total. The Morgan fingerprint density at radius 1 is 0.880 bits per heavy atom. The Hall–Kier alpha value is -2.76. The quantitative estimate of drug-likeness (QED) is 0.418. The summed E-state index contributed by atoms with van der Waals surface area (Å²) in [6.45, 7) is 0. The molecule has 124 valence electrons. The van der Waals surface area contributed by atoms with Gasteiger partial charge in [-0.15, -0.1) is 0 Å². The number of hydrazone groups is 1. The van der Waals surface area contributed by atoms with E-state index < -0.39 is 0 Å². The molecule has 0 saturated heterocycles. The first kappa shape index (κ1) is 17.1. The average molecular weight is 370 g/mol. The summed E-state index contributed by atoms with van der Waals surface area (Å²) >= 11 is 12.3. The van der Waals surface area contributed by atoms with Crippen LogP contribution in [0, 0.1) is 0 Å². The molecule has 0 radical (unpaired) electrons. The number of aromatic nitrogens is 2. The molecule has 3 aromatic rings. The molecule has 0 amide bonds. The van der Waals surface area contributed by atoms with Gasteiger partial charge < -0.3 is 0 Å². The van der Waals surface area contributed by atoms with E-state index >= 15 is 0 Å². The third-order valence-electron chi connectivity index (χ3n) is 3.15. The van der Waals surface area contributed by atoms with Crippen molar-refractivity contribution in [2.45, 2.75) is 0 Å². The standard InChI is InChI=1S/C18H13Cl2N5/c19-14-6-5-7-15(20)13(14)12-23-25-18(16-8-1-3-10-21-16)24-17-9-2-4-11-22-17/h1-12H,(H,22,24,25)/b23-12+. The Labute approximate surface area is 155 Å². The molecule has 0 fully saturated rings. The summed E-state index contributed by atoms with van der Waals surface area (Å²) in [5, 5.41) is 5.22. The second-order valence-electron chi connectivity index (χ2n) is 4.87. The Morgan fingerprint density at radius 2 is 1.60 bits per heavy atom. The number of pyridine rings is 2. The van der Waals surface area contributed by atoms with Gasteiger partial charge in [-0.05, 0) is 36.4 Å². The van der Waals surface area contributed by atoms with Crippen molar-refractivity contribution in [3.63, 3.8) is 0 Å². The van der Waals surface area contributed by atoms with Gasteiger partial charge in [0, 0.05) is 18.0 Å². The van der Waals surface area contributed by atoms with E-state index in [-0.39, 0.29) is 0 Å². The number of aliphatic imine (C=N–C) groups is 1. The highest BCUT2D eigenvalue weighted by atomic mass is 35.5. The van der Waals surface area contributed by atoms with Crippen molar-refractivity contribution in [1.82, 2.24) is 15.4 Å². The van der Waals surface area contributed by atoms with Crippen LogP contribution in [0.2, 0.25) is 10.0 Å². The monoisotopic (exact) mass is 369 g/mol. The summed E-state index contributed by atoms with van der Waals surface area (Å²) in [5.41, 5.74) is 4.14. The fraction of sp³-hybridized carbons (Fsp3) is 0. The number of hydrogen-bond acceptors (Lipinski definition) is 4. The zero-order chi connectivity index (χ0) is 17.5. The average Bonchev–Trinajstić information content (AvgIpc) is 2.65. The number of rotatable bonds is 4. The normalized spacial score (nSPS) is 11.7. The summed E-state index contributed by atoms with van der Waals surface area (Å²) in [6, 6.07) is 16.3. The number of halogens is 2. The molecule has 0 atom stereocenters. The first-order valence-electron chi connectivity index (χ1n) is 7.38. The van der Waals surface area contributed by atoms with E-state index in [4.69, 9.17) is 23.2 Å². The number of nitrogens with one attached hydrogen (secondary N) is 1.